The molecular weight excluding hydrogens is 306 g/mol. The zero-order valence-electron chi connectivity index (χ0n) is 13.8. The summed E-state index contributed by atoms with van der Waals surface area (Å²) in [6.07, 6.45) is 4.32. The highest BCUT2D eigenvalue weighted by atomic mass is 32.2. The Morgan fingerprint density at radius 2 is 2.13 bits per heavy atom. The zero-order valence-corrected chi connectivity index (χ0v) is 14.7. The van der Waals surface area contributed by atoms with Crippen molar-refractivity contribution in [3.05, 3.63) is 22.9 Å². The van der Waals surface area contributed by atoms with E-state index in [1.165, 1.54) is 23.7 Å². The number of piperidine rings is 1. The average Bonchev–Trinajstić information content (AvgIpc) is 2.97. The number of rotatable bonds is 3. The molecule has 4 nitrogen and oxygen atoms in total. The second kappa shape index (κ2) is 6.92. The summed E-state index contributed by atoms with van der Waals surface area (Å²) in [4.78, 5) is 19.1. The normalized spacial score (nSPS) is 23.4. The first-order chi connectivity index (χ1) is 11.1. The lowest BCUT2D eigenvalue weighted by Gasteiger charge is -2.35. The molecule has 2 atom stereocenters. The molecule has 0 aromatic carbocycles. The van der Waals surface area contributed by atoms with Gasteiger partial charge in [-0.05, 0) is 49.1 Å². The second-order valence-electron chi connectivity index (χ2n) is 6.95. The predicted octanol–water partition coefficient (Wildman–Crippen LogP) is 3.04. The number of fused-ring (bicyclic) bond motifs is 1. The minimum atomic E-state index is 0.166. The Balaban J connectivity index is 1.66. The van der Waals surface area contributed by atoms with Gasteiger partial charge in [-0.15, -0.1) is 0 Å². The van der Waals surface area contributed by atoms with E-state index in [-0.39, 0.29) is 5.91 Å². The average molecular weight is 329 g/mol. The summed E-state index contributed by atoms with van der Waals surface area (Å²) in [5.41, 5.74) is 2.93. The van der Waals surface area contributed by atoms with E-state index in [1.54, 1.807) is 0 Å². The van der Waals surface area contributed by atoms with Gasteiger partial charge in [0.05, 0.1) is 11.3 Å². The molecule has 1 aromatic rings. The van der Waals surface area contributed by atoms with E-state index in [9.17, 15) is 10.1 Å². The highest BCUT2D eigenvalue weighted by Crippen LogP contribution is 2.28. The Morgan fingerprint density at radius 3 is 2.83 bits per heavy atom. The number of likely N-dealkylation sites (tertiary alicyclic amines) is 1. The van der Waals surface area contributed by atoms with Crippen LogP contribution in [0.5, 0.6) is 0 Å². The second-order valence-corrected chi connectivity index (χ2v) is 7.91. The number of thioether (sulfide) groups is 1. The molecule has 1 amide bonds. The number of carbonyl (C=O) groups is 1. The Bertz CT molecular complexity index is 642. The van der Waals surface area contributed by atoms with Gasteiger partial charge in [-0.3, -0.25) is 4.79 Å². The molecule has 122 valence electrons. The lowest BCUT2D eigenvalue weighted by Crippen LogP contribution is -2.43. The minimum Gasteiger partial charge on any atom is -0.341 e. The molecule has 1 aliphatic carbocycles. The van der Waals surface area contributed by atoms with Crippen LogP contribution in [-0.2, 0) is 17.6 Å². The van der Waals surface area contributed by atoms with Gasteiger partial charge in [-0.1, -0.05) is 25.6 Å². The summed E-state index contributed by atoms with van der Waals surface area (Å²) in [6.45, 7) is 6.12. The van der Waals surface area contributed by atoms with Crippen LogP contribution in [0.1, 0.15) is 43.5 Å². The SMILES string of the molecule is C[C@@H]1C[C@H](C)CN(C(=O)CSc2nc3c(cc2C#N)CCC3)C1. The number of aromatic nitrogens is 1. The fourth-order valence-electron chi connectivity index (χ4n) is 3.73. The van der Waals surface area contributed by atoms with Crippen LogP contribution >= 0.6 is 11.8 Å². The number of carbonyl (C=O) groups excluding carboxylic acids is 1. The Morgan fingerprint density at radius 1 is 1.39 bits per heavy atom. The minimum absolute atomic E-state index is 0.166. The first-order valence-electron chi connectivity index (χ1n) is 8.40. The molecule has 1 aliphatic heterocycles. The Hall–Kier alpha value is -1.54. The molecule has 23 heavy (non-hydrogen) atoms. The van der Waals surface area contributed by atoms with Crippen molar-refractivity contribution in [1.29, 1.82) is 5.26 Å². The first kappa shape index (κ1) is 16.3. The number of hydrogen-bond acceptors (Lipinski definition) is 4. The van der Waals surface area contributed by atoms with Crippen molar-refractivity contribution in [2.24, 2.45) is 11.8 Å². The fraction of sp³-hybridized carbons (Fsp3) is 0.611. The highest BCUT2D eigenvalue weighted by Gasteiger charge is 2.26. The van der Waals surface area contributed by atoms with E-state index in [1.807, 2.05) is 11.0 Å². The number of pyridine rings is 1. The first-order valence-corrected chi connectivity index (χ1v) is 9.39. The molecular formula is C18H23N3OS. The van der Waals surface area contributed by atoms with Crippen molar-refractivity contribution in [3.63, 3.8) is 0 Å². The maximum atomic E-state index is 12.5. The summed E-state index contributed by atoms with van der Waals surface area (Å²) in [5, 5.41) is 10.1. The van der Waals surface area contributed by atoms with Gasteiger partial charge >= 0.3 is 0 Å². The quantitative estimate of drug-likeness (QED) is 0.800. The van der Waals surface area contributed by atoms with Crippen LogP contribution in [-0.4, -0.2) is 34.6 Å². The van der Waals surface area contributed by atoms with E-state index in [4.69, 9.17) is 0 Å². The number of nitriles is 1. The summed E-state index contributed by atoms with van der Waals surface area (Å²) < 4.78 is 0. The van der Waals surface area contributed by atoms with Gasteiger partial charge in [0.25, 0.3) is 0 Å². The smallest absolute Gasteiger partial charge is 0.233 e. The molecule has 5 heteroatoms. The maximum Gasteiger partial charge on any atom is 0.233 e. The topological polar surface area (TPSA) is 57.0 Å². The van der Waals surface area contributed by atoms with E-state index in [0.717, 1.165) is 43.1 Å². The summed E-state index contributed by atoms with van der Waals surface area (Å²) in [6, 6.07) is 4.20. The molecule has 2 heterocycles. The molecule has 3 rings (SSSR count). The maximum absolute atomic E-state index is 12.5. The Kier molecular flexibility index (Phi) is 4.91. The van der Waals surface area contributed by atoms with Crippen LogP contribution in [0.25, 0.3) is 0 Å². The predicted molar refractivity (Wildman–Crippen MR) is 91.2 cm³/mol. The summed E-state index contributed by atoms with van der Waals surface area (Å²) in [5.74, 6) is 1.68. The van der Waals surface area contributed by atoms with Crippen LogP contribution in [0.3, 0.4) is 0 Å². The van der Waals surface area contributed by atoms with Crippen molar-refractivity contribution < 1.29 is 4.79 Å². The largest absolute Gasteiger partial charge is 0.341 e. The molecule has 2 aliphatic rings. The van der Waals surface area contributed by atoms with Crippen molar-refractivity contribution in [2.45, 2.75) is 44.6 Å². The molecule has 0 radical (unpaired) electrons. The van der Waals surface area contributed by atoms with E-state index in [2.05, 4.69) is 24.9 Å². The van der Waals surface area contributed by atoms with Gasteiger partial charge in [-0.2, -0.15) is 5.26 Å². The van der Waals surface area contributed by atoms with Crippen molar-refractivity contribution in [1.82, 2.24) is 9.88 Å². The van der Waals surface area contributed by atoms with Crippen molar-refractivity contribution in [2.75, 3.05) is 18.8 Å². The summed E-state index contributed by atoms with van der Waals surface area (Å²) in [7, 11) is 0. The number of amides is 1. The van der Waals surface area contributed by atoms with Gasteiger partial charge in [0.2, 0.25) is 5.91 Å². The van der Waals surface area contributed by atoms with Crippen LogP contribution in [0.4, 0.5) is 0 Å². The van der Waals surface area contributed by atoms with Gasteiger partial charge in [0, 0.05) is 18.8 Å². The van der Waals surface area contributed by atoms with Crippen LogP contribution in [0.15, 0.2) is 11.1 Å². The van der Waals surface area contributed by atoms with Crippen LogP contribution < -0.4 is 0 Å². The van der Waals surface area contributed by atoms with Crippen LogP contribution in [0.2, 0.25) is 0 Å². The van der Waals surface area contributed by atoms with E-state index >= 15 is 0 Å². The van der Waals surface area contributed by atoms with Gasteiger partial charge < -0.3 is 4.90 Å². The molecule has 0 bridgehead atoms. The number of nitrogens with zero attached hydrogens (tertiary/aromatic N) is 3. The molecule has 1 aromatic heterocycles. The standard InChI is InChI=1S/C18H23N3OS/c1-12-6-13(2)10-21(9-12)17(22)11-23-18-15(8-19)7-14-4-3-5-16(14)20-18/h7,12-13H,3-6,9-11H2,1-2H3/t12-,13+. The van der Waals surface area contributed by atoms with Crippen molar-refractivity contribution >= 4 is 17.7 Å². The fourth-order valence-corrected chi connectivity index (χ4v) is 4.61. The van der Waals surface area contributed by atoms with Gasteiger partial charge in [0.1, 0.15) is 11.1 Å². The molecule has 1 saturated heterocycles. The van der Waals surface area contributed by atoms with Crippen molar-refractivity contribution in [3.8, 4) is 6.07 Å². The third-order valence-electron chi connectivity index (χ3n) is 4.69. The highest BCUT2D eigenvalue weighted by molar-refractivity contribution is 7.99. The molecule has 0 saturated carbocycles. The lowest BCUT2D eigenvalue weighted by atomic mass is 9.92. The van der Waals surface area contributed by atoms with Gasteiger partial charge in [0.15, 0.2) is 0 Å². The lowest BCUT2D eigenvalue weighted by molar-refractivity contribution is -0.130. The van der Waals surface area contributed by atoms with Gasteiger partial charge in [-0.25, -0.2) is 4.98 Å². The molecule has 0 unspecified atom stereocenters. The summed E-state index contributed by atoms with van der Waals surface area (Å²) >= 11 is 1.42. The zero-order chi connectivity index (χ0) is 16.4. The molecule has 0 spiro atoms. The van der Waals surface area contributed by atoms with E-state index < -0.39 is 0 Å². The number of aryl methyl sites for hydroxylation is 2. The molecule has 1 fully saturated rings. The monoisotopic (exact) mass is 329 g/mol. The van der Waals surface area contributed by atoms with Crippen LogP contribution in [0, 0.1) is 23.2 Å². The number of hydrogen-bond donors (Lipinski definition) is 0. The molecule has 0 N–H and O–H groups in total. The van der Waals surface area contributed by atoms with E-state index in [0.29, 0.717) is 23.2 Å². The third-order valence-corrected chi connectivity index (χ3v) is 5.67. The Labute approximate surface area is 142 Å². The third kappa shape index (κ3) is 3.69.